The highest BCUT2D eigenvalue weighted by molar-refractivity contribution is 5.84. The number of rotatable bonds is 6. The van der Waals surface area contributed by atoms with Crippen molar-refractivity contribution >= 4 is 17.3 Å². The number of hydrogen-bond acceptors (Lipinski definition) is 3. The molecular weight excluding hydrogens is 250 g/mol. The van der Waals surface area contributed by atoms with Crippen LogP contribution in [-0.4, -0.2) is 31.6 Å². The van der Waals surface area contributed by atoms with E-state index in [1.165, 1.54) is 18.5 Å². The summed E-state index contributed by atoms with van der Waals surface area (Å²) in [5.41, 5.74) is 2.23. The van der Waals surface area contributed by atoms with Crippen molar-refractivity contribution in [2.24, 2.45) is 0 Å². The van der Waals surface area contributed by atoms with Gasteiger partial charge in [-0.1, -0.05) is 6.08 Å². The molecule has 2 N–H and O–H groups in total. The lowest BCUT2D eigenvalue weighted by Gasteiger charge is -2.19. The summed E-state index contributed by atoms with van der Waals surface area (Å²) in [5, 5.41) is 5.98. The van der Waals surface area contributed by atoms with Crippen LogP contribution in [0.3, 0.4) is 0 Å². The molecule has 20 heavy (non-hydrogen) atoms. The Kier molecular flexibility index (Phi) is 5.04. The highest BCUT2D eigenvalue weighted by atomic mass is 16.2. The van der Waals surface area contributed by atoms with E-state index in [9.17, 15) is 4.79 Å². The van der Waals surface area contributed by atoms with Crippen molar-refractivity contribution < 1.29 is 4.79 Å². The molecule has 1 atom stereocenters. The van der Waals surface area contributed by atoms with Gasteiger partial charge >= 0.3 is 0 Å². The number of hydrogen-bond donors (Lipinski definition) is 2. The molecule has 1 aliphatic rings. The largest absolute Gasteiger partial charge is 0.374 e. The summed E-state index contributed by atoms with van der Waals surface area (Å²) in [6.07, 6.45) is 4.23. The molecule has 1 aliphatic heterocycles. The molecule has 2 rings (SSSR count). The Balaban J connectivity index is 1.89. The SMILES string of the molecule is C=CCNC(=O)C(C)Nc1ccc(N2CCCC2)cc1. The molecule has 0 radical (unpaired) electrons. The lowest BCUT2D eigenvalue weighted by molar-refractivity contribution is -0.121. The Labute approximate surface area is 120 Å². The Bertz CT molecular complexity index is 449. The Hall–Kier alpha value is -1.97. The number of nitrogens with one attached hydrogen (secondary N) is 2. The van der Waals surface area contributed by atoms with Crippen LogP contribution in [-0.2, 0) is 4.79 Å². The Morgan fingerprint density at radius 2 is 2.00 bits per heavy atom. The summed E-state index contributed by atoms with van der Waals surface area (Å²) in [5.74, 6) is -0.0199. The van der Waals surface area contributed by atoms with E-state index in [2.05, 4.69) is 34.2 Å². The molecule has 0 saturated carbocycles. The van der Waals surface area contributed by atoms with E-state index < -0.39 is 0 Å². The lowest BCUT2D eigenvalue weighted by Crippen LogP contribution is -2.37. The predicted molar refractivity (Wildman–Crippen MR) is 84.2 cm³/mol. The maximum absolute atomic E-state index is 11.8. The quantitative estimate of drug-likeness (QED) is 0.782. The fourth-order valence-electron chi connectivity index (χ4n) is 2.39. The van der Waals surface area contributed by atoms with Gasteiger partial charge in [0.2, 0.25) is 5.91 Å². The summed E-state index contributed by atoms with van der Waals surface area (Å²) < 4.78 is 0. The zero-order valence-corrected chi connectivity index (χ0v) is 12.1. The Morgan fingerprint density at radius 3 is 2.60 bits per heavy atom. The van der Waals surface area contributed by atoms with E-state index in [-0.39, 0.29) is 11.9 Å². The fourth-order valence-corrected chi connectivity index (χ4v) is 2.39. The first kappa shape index (κ1) is 14.4. The molecule has 0 bridgehead atoms. The van der Waals surface area contributed by atoms with Crippen molar-refractivity contribution in [2.75, 3.05) is 29.9 Å². The molecular formula is C16H23N3O. The van der Waals surface area contributed by atoms with Gasteiger partial charge in [0.05, 0.1) is 0 Å². The molecule has 4 nitrogen and oxygen atoms in total. The molecule has 1 aromatic rings. The van der Waals surface area contributed by atoms with E-state index in [0.29, 0.717) is 6.54 Å². The van der Waals surface area contributed by atoms with Crippen LogP contribution in [0.25, 0.3) is 0 Å². The van der Waals surface area contributed by atoms with Crippen LogP contribution in [0.15, 0.2) is 36.9 Å². The highest BCUT2D eigenvalue weighted by Gasteiger charge is 2.13. The van der Waals surface area contributed by atoms with Gasteiger partial charge in [-0.25, -0.2) is 0 Å². The van der Waals surface area contributed by atoms with Crippen LogP contribution in [0.2, 0.25) is 0 Å². The summed E-state index contributed by atoms with van der Waals surface area (Å²) >= 11 is 0. The van der Waals surface area contributed by atoms with Crippen molar-refractivity contribution in [1.82, 2.24) is 5.32 Å². The molecule has 1 saturated heterocycles. The minimum Gasteiger partial charge on any atom is -0.374 e. The fraction of sp³-hybridized carbons (Fsp3) is 0.438. The Morgan fingerprint density at radius 1 is 1.35 bits per heavy atom. The minimum atomic E-state index is -0.257. The van der Waals surface area contributed by atoms with Crippen molar-refractivity contribution in [3.63, 3.8) is 0 Å². The van der Waals surface area contributed by atoms with E-state index in [1.54, 1.807) is 6.08 Å². The molecule has 108 valence electrons. The van der Waals surface area contributed by atoms with Gasteiger partial charge in [-0.05, 0) is 44.0 Å². The average molecular weight is 273 g/mol. The molecule has 4 heteroatoms. The highest BCUT2D eigenvalue weighted by Crippen LogP contribution is 2.22. The van der Waals surface area contributed by atoms with Gasteiger partial charge in [0, 0.05) is 31.0 Å². The summed E-state index contributed by atoms with van der Waals surface area (Å²) in [4.78, 5) is 14.1. The number of anilines is 2. The van der Waals surface area contributed by atoms with Crippen LogP contribution in [0.5, 0.6) is 0 Å². The van der Waals surface area contributed by atoms with Gasteiger partial charge < -0.3 is 15.5 Å². The van der Waals surface area contributed by atoms with Crippen LogP contribution < -0.4 is 15.5 Å². The molecule has 1 aromatic carbocycles. The van der Waals surface area contributed by atoms with Gasteiger partial charge in [0.15, 0.2) is 0 Å². The van der Waals surface area contributed by atoms with Crippen molar-refractivity contribution in [2.45, 2.75) is 25.8 Å². The van der Waals surface area contributed by atoms with Gasteiger partial charge in [0.1, 0.15) is 6.04 Å². The molecule has 1 unspecified atom stereocenters. The van der Waals surface area contributed by atoms with E-state index in [1.807, 2.05) is 19.1 Å². The second-order valence-corrected chi connectivity index (χ2v) is 5.14. The first-order chi connectivity index (χ1) is 9.70. The molecule has 0 aliphatic carbocycles. The zero-order valence-electron chi connectivity index (χ0n) is 12.1. The van der Waals surface area contributed by atoms with E-state index in [4.69, 9.17) is 0 Å². The summed E-state index contributed by atoms with van der Waals surface area (Å²) in [6, 6.07) is 8.03. The maximum atomic E-state index is 11.8. The van der Waals surface area contributed by atoms with Crippen molar-refractivity contribution in [3.05, 3.63) is 36.9 Å². The second kappa shape index (κ2) is 6.98. The third-order valence-corrected chi connectivity index (χ3v) is 3.54. The van der Waals surface area contributed by atoms with Gasteiger partial charge in [0.25, 0.3) is 0 Å². The first-order valence-corrected chi connectivity index (χ1v) is 7.21. The third kappa shape index (κ3) is 3.76. The first-order valence-electron chi connectivity index (χ1n) is 7.21. The number of carbonyl (C=O) groups excluding carboxylic acids is 1. The minimum absolute atomic E-state index is 0.0199. The summed E-state index contributed by atoms with van der Waals surface area (Å²) in [6.45, 7) is 8.23. The maximum Gasteiger partial charge on any atom is 0.242 e. The van der Waals surface area contributed by atoms with Gasteiger partial charge in [-0.15, -0.1) is 6.58 Å². The molecule has 1 amide bonds. The lowest BCUT2D eigenvalue weighted by atomic mass is 10.2. The monoisotopic (exact) mass is 273 g/mol. The average Bonchev–Trinajstić information content (AvgIpc) is 2.99. The zero-order chi connectivity index (χ0) is 14.4. The van der Waals surface area contributed by atoms with Crippen LogP contribution in [0.1, 0.15) is 19.8 Å². The van der Waals surface area contributed by atoms with Gasteiger partial charge in [-0.2, -0.15) is 0 Å². The number of amides is 1. The van der Waals surface area contributed by atoms with Crippen molar-refractivity contribution in [3.8, 4) is 0 Å². The normalized spacial score (nSPS) is 15.8. The topological polar surface area (TPSA) is 44.4 Å². The standard InChI is InChI=1S/C16H23N3O/c1-3-10-17-16(20)13(2)18-14-6-8-15(9-7-14)19-11-4-5-12-19/h3,6-9,13,18H,1,4-5,10-12H2,2H3,(H,17,20). The molecule has 0 aromatic heterocycles. The molecule has 1 fully saturated rings. The van der Waals surface area contributed by atoms with E-state index >= 15 is 0 Å². The van der Waals surface area contributed by atoms with Gasteiger partial charge in [-0.3, -0.25) is 4.79 Å². The van der Waals surface area contributed by atoms with Crippen molar-refractivity contribution in [1.29, 1.82) is 0 Å². The van der Waals surface area contributed by atoms with Crippen LogP contribution >= 0.6 is 0 Å². The molecule has 0 spiro atoms. The van der Waals surface area contributed by atoms with Crippen LogP contribution in [0, 0.1) is 0 Å². The third-order valence-electron chi connectivity index (χ3n) is 3.54. The summed E-state index contributed by atoms with van der Waals surface area (Å²) in [7, 11) is 0. The number of carbonyl (C=O) groups is 1. The molecule has 1 heterocycles. The predicted octanol–water partition coefficient (Wildman–Crippen LogP) is 2.39. The second-order valence-electron chi connectivity index (χ2n) is 5.14. The smallest absolute Gasteiger partial charge is 0.242 e. The van der Waals surface area contributed by atoms with E-state index in [0.717, 1.165) is 18.8 Å². The number of benzene rings is 1. The van der Waals surface area contributed by atoms with Crippen LogP contribution in [0.4, 0.5) is 11.4 Å². The number of nitrogens with zero attached hydrogens (tertiary/aromatic N) is 1.